The monoisotopic (exact) mass is 411 g/mol. The van der Waals surface area contributed by atoms with Gasteiger partial charge in [0.05, 0.1) is 38.1 Å². The molecule has 1 aliphatic rings. The number of methoxy groups -OCH3 is 2. The molecule has 2 aromatic rings. The van der Waals surface area contributed by atoms with Gasteiger partial charge in [-0.05, 0) is 49.2 Å². The second-order valence-corrected chi connectivity index (χ2v) is 6.67. The van der Waals surface area contributed by atoms with E-state index in [2.05, 4.69) is 20.4 Å². The fourth-order valence-corrected chi connectivity index (χ4v) is 3.02. The van der Waals surface area contributed by atoms with E-state index in [1.54, 1.807) is 19.2 Å². The number of nitrogens with one attached hydrogen (secondary N) is 2. The smallest absolute Gasteiger partial charge is 0.337 e. The van der Waals surface area contributed by atoms with Gasteiger partial charge in [-0.15, -0.1) is 0 Å². The van der Waals surface area contributed by atoms with E-state index in [0.29, 0.717) is 29.1 Å². The third-order valence-electron chi connectivity index (χ3n) is 4.64. The van der Waals surface area contributed by atoms with Crippen molar-refractivity contribution in [2.24, 2.45) is 4.99 Å². The summed E-state index contributed by atoms with van der Waals surface area (Å²) in [4.78, 5) is 28.8. The molecule has 30 heavy (non-hydrogen) atoms. The Morgan fingerprint density at radius 3 is 2.50 bits per heavy atom. The first-order chi connectivity index (χ1) is 14.6. The molecule has 0 saturated carbocycles. The van der Waals surface area contributed by atoms with Crippen molar-refractivity contribution >= 4 is 23.5 Å². The van der Waals surface area contributed by atoms with E-state index >= 15 is 0 Å². The summed E-state index contributed by atoms with van der Waals surface area (Å²) in [6.07, 6.45) is 1.98. The number of esters is 1. The molecule has 0 spiro atoms. The number of benzene rings is 2. The maximum atomic E-state index is 12.7. The van der Waals surface area contributed by atoms with Crippen molar-refractivity contribution in [3.8, 4) is 5.75 Å². The summed E-state index contributed by atoms with van der Waals surface area (Å²) >= 11 is 0. The van der Waals surface area contributed by atoms with Crippen LogP contribution < -0.4 is 15.4 Å². The van der Waals surface area contributed by atoms with Gasteiger partial charge in [-0.1, -0.05) is 12.1 Å². The van der Waals surface area contributed by atoms with Crippen LogP contribution in [0.1, 0.15) is 33.6 Å². The lowest BCUT2D eigenvalue weighted by molar-refractivity contribution is 0.0600. The van der Waals surface area contributed by atoms with E-state index in [4.69, 9.17) is 9.47 Å². The molecule has 0 aromatic heterocycles. The Morgan fingerprint density at radius 2 is 1.83 bits per heavy atom. The molecule has 158 valence electrons. The van der Waals surface area contributed by atoms with Crippen LogP contribution in [0.5, 0.6) is 5.75 Å². The Hall–Kier alpha value is -3.39. The number of para-hydroxylation sites is 2. The van der Waals surface area contributed by atoms with Gasteiger partial charge in [0.25, 0.3) is 5.91 Å². The fourth-order valence-electron chi connectivity index (χ4n) is 3.02. The highest BCUT2D eigenvalue weighted by molar-refractivity contribution is 6.10. The number of nitrogens with zero attached hydrogens (tertiary/aromatic N) is 1. The van der Waals surface area contributed by atoms with Gasteiger partial charge in [0.2, 0.25) is 5.96 Å². The minimum absolute atomic E-state index is 0.0377. The van der Waals surface area contributed by atoms with Crippen molar-refractivity contribution in [2.75, 3.05) is 32.7 Å². The van der Waals surface area contributed by atoms with Crippen molar-refractivity contribution in [2.45, 2.75) is 18.9 Å². The highest BCUT2D eigenvalue weighted by atomic mass is 16.5. The summed E-state index contributed by atoms with van der Waals surface area (Å²) in [6, 6.07) is 13.6. The van der Waals surface area contributed by atoms with Gasteiger partial charge in [0, 0.05) is 12.2 Å². The highest BCUT2D eigenvalue weighted by Gasteiger charge is 2.17. The van der Waals surface area contributed by atoms with Crippen LogP contribution in [0.15, 0.2) is 53.5 Å². The van der Waals surface area contributed by atoms with Crippen molar-refractivity contribution in [3.63, 3.8) is 0 Å². The minimum Gasteiger partial charge on any atom is -0.495 e. The fraction of sp³-hybridized carbons (Fsp3) is 0.318. The van der Waals surface area contributed by atoms with Crippen LogP contribution in [0, 0.1) is 0 Å². The van der Waals surface area contributed by atoms with Gasteiger partial charge in [0.1, 0.15) is 5.75 Å². The first-order valence-corrected chi connectivity index (χ1v) is 9.66. The zero-order valence-electron chi connectivity index (χ0n) is 17.0. The molecule has 3 rings (SSSR count). The number of carbonyl (C=O) groups is 2. The normalized spacial score (nSPS) is 16.1. The molecule has 1 heterocycles. The molecular formula is C22H25N3O5. The lowest BCUT2D eigenvalue weighted by Gasteiger charge is -2.15. The highest BCUT2D eigenvalue weighted by Crippen LogP contribution is 2.23. The Kier molecular flexibility index (Phi) is 7.40. The van der Waals surface area contributed by atoms with E-state index in [1.165, 1.54) is 19.2 Å². The van der Waals surface area contributed by atoms with Gasteiger partial charge in [-0.25, -0.2) is 9.79 Å². The lowest BCUT2D eigenvalue weighted by atomic mass is 10.1. The number of anilines is 1. The van der Waals surface area contributed by atoms with Gasteiger partial charge in [-0.2, -0.15) is 0 Å². The Bertz CT molecular complexity index is 905. The van der Waals surface area contributed by atoms with Crippen LogP contribution >= 0.6 is 0 Å². The molecule has 0 aliphatic carbocycles. The Labute approximate surface area is 175 Å². The van der Waals surface area contributed by atoms with Gasteiger partial charge < -0.3 is 19.5 Å². The van der Waals surface area contributed by atoms with E-state index in [1.807, 2.05) is 24.3 Å². The van der Waals surface area contributed by atoms with Crippen LogP contribution in [0.2, 0.25) is 0 Å². The van der Waals surface area contributed by atoms with Crippen molar-refractivity contribution in [1.82, 2.24) is 5.32 Å². The van der Waals surface area contributed by atoms with E-state index in [-0.39, 0.29) is 18.0 Å². The second-order valence-electron chi connectivity index (χ2n) is 6.67. The van der Waals surface area contributed by atoms with E-state index in [9.17, 15) is 9.59 Å². The van der Waals surface area contributed by atoms with Gasteiger partial charge >= 0.3 is 5.97 Å². The molecule has 1 unspecified atom stereocenters. The standard InChI is InChI=1S/C22H25N3O5/c1-28-19-8-4-3-7-18(19)24-22(23-14-17-6-5-13-30-17)25-20(26)15-9-11-16(12-10-15)21(27)29-2/h3-4,7-12,17H,5-6,13-14H2,1-2H3,(H2,23,24,25,26). The second kappa shape index (κ2) is 10.4. The zero-order valence-corrected chi connectivity index (χ0v) is 17.0. The molecule has 1 amide bonds. The molecule has 8 heteroatoms. The summed E-state index contributed by atoms with van der Waals surface area (Å²) in [5.74, 6) is 0.0922. The number of hydrogen-bond donors (Lipinski definition) is 2. The van der Waals surface area contributed by atoms with E-state index < -0.39 is 5.97 Å². The Balaban J connectivity index is 1.76. The number of carbonyl (C=O) groups excluding carboxylic acids is 2. The maximum Gasteiger partial charge on any atom is 0.337 e. The molecule has 2 aromatic carbocycles. The number of amides is 1. The predicted octanol–water partition coefficient (Wildman–Crippen LogP) is 2.86. The molecule has 2 N–H and O–H groups in total. The van der Waals surface area contributed by atoms with Crippen molar-refractivity contribution < 1.29 is 23.8 Å². The zero-order chi connectivity index (χ0) is 21.3. The minimum atomic E-state index is -0.460. The molecule has 0 bridgehead atoms. The summed E-state index contributed by atoms with van der Waals surface area (Å²) in [7, 11) is 2.88. The summed E-state index contributed by atoms with van der Waals surface area (Å²) in [5, 5.41) is 5.92. The molecule has 1 saturated heterocycles. The molecule has 8 nitrogen and oxygen atoms in total. The number of aliphatic imine (C=N–C) groups is 1. The largest absolute Gasteiger partial charge is 0.495 e. The number of hydrogen-bond acceptors (Lipinski definition) is 6. The third kappa shape index (κ3) is 5.57. The number of rotatable bonds is 6. The summed E-state index contributed by atoms with van der Waals surface area (Å²) in [5.41, 5.74) is 1.43. The van der Waals surface area contributed by atoms with Crippen LogP contribution in [-0.2, 0) is 9.47 Å². The maximum absolute atomic E-state index is 12.7. The van der Waals surface area contributed by atoms with E-state index in [0.717, 1.165) is 19.4 Å². The van der Waals surface area contributed by atoms with Crippen molar-refractivity contribution in [1.29, 1.82) is 0 Å². The van der Waals surface area contributed by atoms with Crippen LogP contribution in [0.3, 0.4) is 0 Å². The molecule has 1 fully saturated rings. The van der Waals surface area contributed by atoms with Crippen molar-refractivity contribution in [3.05, 3.63) is 59.7 Å². The van der Waals surface area contributed by atoms with Gasteiger partial charge in [-0.3, -0.25) is 10.1 Å². The summed E-state index contributed by atoms with van der Waals surface area (Å²) < 4.78 is 15.7. The first-order valence-electron chi connectivity index (χ1n) is 9.66. The molecule has 1 atom stereocenters. The average molecular weight is 411 g/mol. The molecule has 0 radical (unpaired) electrons. The lowest BCUT2D eigenvalue weighted by Crippen LogP contribution is -2.36. The Morgan fingerprint density at radius 1 is 1.10 bits per heavy atom. The van der Waals surface area contributed by atoms with Gasteiger partial charge in [0.15, 0.2) is 0 Å². The topological polar surface area (TPSA) is 98.3 Å². The average Bonchev–Trinajstić information content (AvgIpc) is 3.31. The van der Waals surface area contributed by atoms with Crippen LogP contribution in [0.4, 0.5) is 5.69 Å². The predicted molar refractivity (Wildman–Crippen MR) is 113 cm³/mol. The van der Waals surface area contributed by atoms with Crippen LogP contribution in [0.25, 0.3) is 0 Å². The molecular weight excluding hydrogens is 386 g/mol. The van der Waals surface area contributed by atoms with Crippen LogP contribution in [-0.4, -0.2) is 51.3 Å². The number of ether oxygens (including phenoxy) is 3. The number of guanidine groups is 1. The summed E-state index contributed by atoms with van der Waals surface area (Å²) in [6.45, 7) is 1.16. The SMILES string of the molecule is COC(=O)c1ccc(C(=O)NC(=NCC2CCCO2)Nc2ccccc2OC)cc1. The quantitative estimate of drug-likeness (QED) is 0.431. The first kappa shape index (κ1) is 21.3. The third-order valence-corrected chi connectivity index (χ3v) is 4.64. The molecule has 1 aliphatic heterocycles.